The van der Waals surface area contributed by atoms with Gasteiger partial charge in [0.2, 0.25) is 0 Å². The normalized spacial score (nSPS) is 14.4. The van der Waals surface area contributed by atoms with Crippen LogP contribution in [0, 0.1) is 17.2 Å². The maximum absolute atomic E-state index is 8.88. The molecule has 0 aliphatic heterocycles. The minimum absolute atomic E-state index is 0.0542. The summed E-state index contributed by atoms with van der Waals surface area (Å²) in [6.07, 6.45) is 4.28. The Balaban J connectivity index is 3.44. The number of ether oxygens (including phenoxy) is 1. The lowest BCUT2D eigenvalue weighted by atomic mass is 10.1. The van der Waals surface area contributed by atoms with Gasteiger partial charge in [0.05, 0.1) is 12.1 Å². The van der Waals surface area contributed by atoms with Crippen LogP contribution in [0.5, 0.6) is 0 Å². The predicted molar refractivity (Wildman–Crippen MR) is 67.2 cm³/mol. The Morgan fingerprint density at radius 2 is 2.00 bits per heavy atom. The van der Waals surface area contributed by atoms with Crippen LogP contribution < -0.4 is 5.32 Å². The van der Waals surface area contributed by atoms with Crippen LogP contribution >= 0.6 is 0 Å². The molecule has 0 saturated heterocycles. The molecule has 3 heteroatoms. The van der Waals surface area contributed by atoms with Gasteiger partial charge in [0.15, 0.2) is 0 Å². The Morgan fingerprint density at radius 1 is 1.25 bits per heavy atom. The summed E-state index contributed by atoms with van der Waals surface area (Å²) in [5, 5.41) is 12.1. The molecule has 0 aromatic heterocycles. The molecule has 0 aromatic rings. The number of hydrogen-bond donors (Lipinski definition) is 1. The van der Waals surface area contributed by atoms with Gasteiger partial charge in [-0.3, -0.25) is 0 Å². The van der Waals surface area contributed by atoms with E-state index in [2.05, 4.69) is 32.2 Å². The van der Waals surface area contributed by atoms with Crippen molar-refractivity contribution in [2.45, 2.75) is 52.5 Å². The quantitative estimate of drug-likeness (QED) is 0.583. The fourth-order valence-corrected chi connectivity index (χ4v) is 1.59. The lowest BCUT2D eigenvalue weighted by molar-refractivity contribution is 0.0968. The Labute approximate surface area is 100 Å². The molecule has 0 bridgehead atoms. The van der Waals surface area contributed by atoms with E-state index in [9.17, 15) is 0 Å². The lowest BCUT2D eigenvalue weighted by Gasteiger charge is -2.13. The fraction of sp³-hybridized carbons (Fsp3) is 0.923. The van der Waals surface area contributed by atoms with Crippen molar-refractivity contribution < 1.29 is 4.74 Å². The van der Waals surface area contributed by atoms with E-state index in [1.165, 1.54) is 12.8 Å². The molecule has 0 fully saturated rings. The summed E-state index contributed by atoms with van der Waals surface area (Å²) in [5.41, 5.74) is 0. The monoisotopic (exact) mass is 226 g/mol. The molecule has 0 radical (unpaired) electrons. The first-order chi connectivity index (χ1) is 7.74. The van der Waals surface area contributed by atoms with Crippen LogP contribution in [-0.4, -0.2) is 25.8 Å². The van der Waals surface area contributed by atoms with Crippen LogP contribution in [0.2, 0.25) is 0 Å². The van der Waals surface area contributed by atoms with Crippen LogP contribution in [0.3, 0.4) is 0 Å². The minimum Gasteiger partial charge on any atom is -0.381 e. The molecule has 94 valence electrons. The molecule has 2 unspecified atom stereocenters. The van der Waals surface area contributed by atoms with Gasteiger partial charge in [-0.25, -0.2) is 0 Å². The molecular formula is C13H26N2O. The van der Waals surface area contributed by atoms with Crippen LogP contribution in [0.4, 0.5) is 0 Å². The van der Waals surface area contributed by atoms with Gasteiger partial charge in [0.1, 0.15) is 0 Å². The topological polar surface area (TPSA) is 45.0 Å². The first kappa shape index (κ1) is 15.4. The number of nitriles is 1. The molecular weight excluding hydrogens is 200 g/mol. The first-order valence-electron chi connectivity index (χ1n) is 6.45. The van der Waals surface area contributed by atoms with E-state index in [1.807, 2.05) is 0 Å². The summed E-state index contributed by atoms with van der Waals surface area (Å²) in [6, 6.07) is 2.20. The molecule has 3 nitrogen and oxygen atoms in total. The zero-order valence-corrected chi connectivity index (χ0v) is 11.0. The summed E-state index contributed by atoms with van der Waals surface area (Å²) in [7, 11) is 0. The first-order valence-corrected chi connectivity index (χ1v) is 6.45. The molecule has 0 aromatic carbocycles. The lowest BCUT2D eigenvalue weighted by Crippen LogP contribution is -2.29. The zero-order chi connectivity index (χ0) is 12.2. The number of nitrogens with zero attached hydrogens (tertiary/aromatic N) is 1. The van der Waals surface area contributed by atoms with E-state index in [1.54, 1.807) is 0 Å². The Morgan fingerprint density at radius 3 is 2.56 bits per heavy atom. The Kier molecular flexibility index (Phi) is 10.5. The summed E-state index contributed by atoms with van der Waals surface area (Å²) >= 11 is 0. The van der Waals surface area contributed by atoms with Gasteiger partial charge in [-0.1, -0.05) is 27.2 Å². The second-order valence-electron chi connectivity index (χ2n) is 4.39. The third-order valence-electron chi connectivity index (χ3n) is 2.53. The standard InChI is InChI=1S/C13H26N2O/c1-4-6-12(3)11-16-9-7-13(10-14)15-8-5-2/h12-13,15H,4-9,11H2,1-3H3. The second kappa shape index (κ2) is 10.9. The van der Waals surface area contributed by atoms with Gasteiger partial charge in [-0.15, -0.1) is 0 Å². The Hall–Kier alpha value is -0.590. The van der Waals surface area contributed by atoms with E-state index in [0.29, 0.717) is 12.5 Å². The number of hydrogen-bond acceptors (Lipinski definition) is 3. The van der Waals surface area contributed by atoms with Crippen molar-refractivity contribution in [1.29, 1.82) is 5.26 Å². The molecule has 0 saturated carbocycles. The van der Waals surface area contributed by atoms with Crippen LogP contribution in [0.1, 0.15) is 46.5 Å². The number of rotatable bonds is 10. The highest BCUT2D eigenvalue weighted by atomic mass is 16.5. The maximum Gasteiger partial charge on any atom is 0.0975 e. The summed E-state index contributed by atoms with van der Waals surface area (Å²) in [6.45, 7) is 8.91. The molecule has 16 heavy (non-hydrogen) atoms. The van der Waals surface area contributed by atoms with Crippen molar-refractivity contribution in [3.05, 3.63) is 0 Å². The largest absolute Gasteiger partial charge is 0.381 e. The molecule has 1 N–H and O–H groups in total. The SMILES string of the molecule is CCCNC(C#N)CCOCC(C)CCC. The van der Waals surface area contributed by atoms with E-state index in [4.69, 9.17) is 10.00 Å². The van der Waals surface area contributed by atoms with Gasteiger partial charge in [-0.2, -0.15) is 5.26 Å². The highest BCUT2D eigenvalue weighted by Gasteiger charge is 2.06. The van der Waals surface area contributed by atoms with E-state index in [0.717, 1.165) is 26.0 Å². The third-order valence-corrected chi connectivity index (χ3v) is 2.53. The van der Waals surface area contributed by atoms with Crippen molar-refractivity contribution in [3.63, 3.8) is 0 Å². The molecule has 2 atom stereocenters. The second-order valence-corrected chi connectivity index (χ2v) is 4.39. The average molecular weight is 226 g/mol. The summed E-state index contributed by atoms with van der Waals surface area (Å²) in [4.78, 5) is 0. The third kappa shape index (κ3) is 8.70. The highest BCUT2D eigenvalue weighted by Crippen LogP contribution is 2.05. The average Bonchev–Trinajstić information content (AvgIpc) is 2.28. The predicted octanol–water partition coefficient (Wildman–Crippen LogP) is 2.72. The van der Waals surface area contributed by atoms with E-state index in [-0.39, 0.29) is 6.04 Å². The van der Waals surface area contributed by atoms with E-state index >= 15 is 0 Å². The van der Waals surface area contributed by atoms with Crippen molar-refractivity contribution in [2.24, 2.45) is 5.92 Å². The Bertz CT molecular complexity index is 189. The number of nitrogens with one attached hydrogen (secondary N) is 1. The van der Waals surface area contributed by atoms with Crippen LogP contribution in [0.15, 0.2) is 0 Å². The smallest absolute Gasteiger partial charge is 0.0975 e. The van der Waals surface area contributed by atoms with Gasteiger partial charge in [0.25, 0.3) is 0 Å². The molecule has 0 aliphatic carbocycles. The fourth-order valence-electron chi connectivity index (χ4n) is 1.59. The van der Waals surface area contributed by atoms with Crippen molar-refractivity contribution in [3.8, 4) is 6.07 Å². The summed E-state index contributed by atoms with van der Waals surface area (Å²) < 4.78 is 5.57. The van der Waals surface area contributed by atoms with Crippen LogP contribution in [0.25, 0.3) is 0 Å². The molecule has 0 amide bonds. The van der Waals surface area contributed by atoms with Crippen molar-refractivity contribution in [1.82, 2.24) is 5.32 Å². The molecule has 0 spiro atoms. The molecule has 0 rings (SSSR count). The zero-order valence-electron chi connectivity index (χ0n) is 11.0. The van der Waals surface area contributed by atoms with Gasteiger partial charge in [0, 0.05) is 13.2 Å². The van der Waals surface area contributed by atoms with Gasteiger partial charge >= 0.3 is 0 Å². The summed E-state index contributed by atoms with van der Waals surface area (Å²) in [5.74, 6) is 0.633. The van der Waals surface area contributed by atoms with Gasteiger partial charge < -0.3 is 10.1 Å². The molecule has 0 heterocycles. The van der Waals surface area contributed by atoms with Crippen molar-refractivity contribution >= 4 is 0 Å². The van der Waals surface area contributed by atoms with E-state index < -0.39 is 0 Å². The van der Waals surface area contributed by atoms with Crippen molar-refractivity contribution in [2.75, 3.05) is 19.8 Å². The minimum atomic E-state index is -0.0542. The maximum atomic E-state index is 8.88. The highest BCUT2D eigenvalue weighted by molar-refractivity contribution is 4.89. The van der Waals surface area contributed by atoms with Crippen LogP contribution in [-0.2, 0) is 4.74 Å². The van der Waals surface area contributed by atoms with Gasteiger partial charge in [-0.05, 0) is 31.7 Å². The molecule has 0 aliphatic rings.